The lowest BCUT2D eigenvalue weighted by Gasteiger charge is -2.07. The summed E-state index contributed by atoms with van der Waals surface area (Å²) in [5.74, 6) is 5.59. The van der Waals surface area contributed by atoms with E-state index in [1.54, 1.807) is 11.4 Å². The van der Waals surface area contributed by atoms with Gasteiger partial charge in [-0.2, -0.15) is 0 Å². The normalized spacial score (nSPS) is 9.86. The van der Waals surface area contributed by atoms with Gasteiger partial charge in [0.05, 0.1) is 28.4 Å². The third-order valence-electron chi connectivity index (χ3n) is 2.78. The highest BCUT2D eigenvalue weighted by molar-refractivity contribution is 7.10. The average Bonchev–Trinajstić information content (AvgIpc) is 2.91. The lowest BCUT2D eigenvalue weighted by atomic mass is 10.2. The molecule has 4 nitrogen and oxygen atoms in total. The average molecular weight is 300 g/mol. The number of nitrogens with one attached hydrogen (secondary N) is 1. The Balaban J connectivity index is 2.09. The van der Waals surface area contributed by atoms with Gasteiger partial charge in [-0.15, -0.1) is 11.3 Å². The Morgan fingerprint density at radius 1 is 1.43 bits per heavy atom. The van der Waals surface area contributed by atoms with Crippen molar-refractivity contribution in [3.8, 4) is 11.8 Å². The van der Waals surface area contributed by atoms with Crippen molar-refractivity contribution in [3.63, 3.8) is 0 Å². The van der Waals surface area contributed by atoms with E-state index >= 15 is 0 Å². The van der Waals surface area contributed by atoms with Crippen LogP contribution in [-0.2, 0) is 0 Å². The van der Waals surface area contributed by atoms with Crippen molar-refractivity contribution < 1.29 is 9.90 Å². The molecule has 2 N–H and O–H groups in total. The SMILES string of the molecule is Cc1ccc(NC(=O)c2csc(C#CCCO)c2)c(C)n1. The number of rotatable bonds is 3. The minimum atomic E-state index is -0.171. The highest BCUT2D eigenvalue weighted by atomic mass is 32.1. The molecule has 0 bridgehead atoms. The molecule has 0 aliphatic carbocycles. The molecule has 108 valence electrons. The second kappa shape index (κ2) is 7.02. The van der Waals surface area contributed by atoms with Crippen LogP contribution in [0.4, 0.5) is 5.69 Å². The Kier molecular flexibility index (Phi) is 5.09. The van der Waals surface area contributed by atoms with E-state index in [9.17, 15) is 4.79 Å². The van der Waals surface area contributed by atoms with E-state index in [4.69, 9.17) is 5.11 Å². The summed E-state index contributed by atoms with van der Waals surface area (Å²) in [6, 6.07) is 5.47. The molecule has 0 fully saturated rings. The molecule has 2 aromatic rings. The lowest BCUT2D eigenvalue weighted by molar-refractivity contribution is 0.102. The van der Waals surface area contributed by atoms with E-state index in [0.717, 1.165) is 16.3 Å². The number of hydrogen-bond acceptors (Lipinski definition) is 4. The van der Waals surface area contributed by atoms with Crippen LogP contribution < -0.4 is 5.32 Å². The van der Waals surface area contributed by atoms with Crippen LogP contribution in [0.25, 0.3) is 0 Å². The van der Waals surface area contributed by atoms with Crippen LogP contribution >= 0.6 is 11.3 Å². The number of nitrogens with zero attached hydrogens (tertiary/aromatic N) is 1. The number of aromatic nitrogens is 1. The van der Waals surface area contributed by atoms with Gasteiger partial charge < -0.3 is 10.4 Å². The van der Waals surface area contributed by atoms with Crippen LogP contribution in [-0.4, -0.2) is 22.6 Å². The highest BCUT2D eigenvalue weighted by Crippen LogP contribution is 2.17. The Hall–Kier alpha value is -2.16. The minimum Gasteiger partial charge on any atom is -0.395 e. The number of aliphatic hydroxyl groups excluding tert-OH is 1. The predicted molar refractivity (Wildman–Crippen MR) is 84.6 cm³/mol. The fourth-order valence-corrected chi connectivity index (χ4v) is 2.49. The summed E-state index contributed by atoms with van der Waals surface area (Å²) >= 11 is 1.41. The van der Waals surface area contributed by atoms with Gasteiger partial charge in [0, 0.05) is 17.5 Å². The van der Waals surface area contributed by atoms with Gasteiger partial charge in [0.15, 0.2) is 0 Å². The molecule has 0 unspecified atom stereocenters. The van der Waals surface area contributed by atoms with Crippen LogP contribution in [0, 0.1) is 25.7 Å². The summed E-state index contributed by atoms with van der Waals surface area (Å²) in [7, 11) is 0. The predicted octanol–water partition coefficient (Wildman–Crippen LogP) is 2.75. The summed E-state index contributed by atoms with van der Waals surface area (Å²) in [5.41, 5.74) is 3.00. The van der Waals surface area contributed by atoms with Crippen molar-refractivity contribution in [2.45, 2.75) is 20.3 Å². The maximum absolute atomic E-state index is 12.2. The molecule has 0 aromatic carbocycles. The number of pyridine rings is 1. The molecule has 2 heterocycles. The van der Waals surface area contributed by atoms with Gasteiger partial charge in [0.2, 0.25) is 0 Å². The number of aryl methyl sites for hydroxylation is 2. The maximum Gasteiger partial charge on any atom is 0.256 e. The van der Waals surface area contributed by atoms with Crippen molar-refractivity contribution in [1.29, 1.82) is 0 Å². The number of carbonyl (C=O) groups excluding carboxylic acids is 1. The van der Waals surface area contributed by atoms with Crippen molar-refractivity contribution >= 4 is 22.9 Å². The van der Waals surface area contributed by atoms with Gasteiger partial charge in [-0.1, -0.05) is 11.8 Å². The number of hydrogen-bond donors (Lipinski definition) is 2. The molecule has 2 rings (SSSR count). The summed E-state index contributed by atoms with van der Waals surface area (Å²) in [6.07, 6.45) is 0.438. The first-order chi connectivity index (χ1) is 10.1. The van der Waals surface area contributed by atoms with Gasteiger partial charge >= 0.3 is 0 Å². The Bertz CT molecular complexity index is 711. The van der Waals surface area contributed by atoms with Crippen LogP contribution in [0.2, 0.25) is 0 Å². The fourth-order valence-electron chi connectivity index (χ4n) is 1.74. The Morgan fingerprint density at radius 2 is 2.24 bits per heavy atom. The molecular formula is C16H16N2O2S. The van der Waals surface area contributed by atoms with Gasteiger partial charge in [-0.25, -0.2) is 0 Å². The number of aliphatic hydroxyl groups is 1. The third kappa shape index (κ3) is 4.15. The molecule has 0 aliphatic rings. The Labute approximate surface area is 127 Å². The summed E-state index contributed by atoms with van der Waals surface area (Å²) in [4.78, 5) is 17.3. The van der Waals surface area contributed by atoms with Crippen molar-refractivity contribution in [1.82, 2.24) is 4.98 Å². The summed E-state index contributed by atoms with van der Waals surface area (Å²) in [5, 5.41) is 13.3. The first kappa shape index (κ1) is 15.2. The van der Waals surface area contributed by atoms with Gasteiger partial charge in [0.1, 0.15) is 0 Å². The van der Waals surface area contributed by atoms with Gasteiger partial charge in [-0.3, -0.25) is 9.78 Å². The number of anilines is 1. The molecule has 0 atom stereocenters. The highest BCUT2D eigenvalue weighted by Gasteiger charge is 2.10. The van der Waals surface area contributed by atoms with Gasteiger partial charge in [0.25, 0.3) is 5.91 Å². The maximum atomic E-state index is 12.2. The second-order valence-electron chi connectivity index (χ2n) is 4.51. The Morgan fingerprint density at radius 3 is 2.95 bits per heavy atom. The fraction of sp³-hybridized carbons (Fsp3) is 0.250. The molecule has 5 heteroatoms. The molecule has 2 aromatic heterocycles. The van der Waals surface area contributed by atoms with Crippen LogP contribution in [0.1, 0.15) is 33.0 Å². The first-order valence-electron chi connectivity index (χ1n) is 6.54. The summed E-state index contributed by atoms with van der Waals surface area (Å²) < 4.78 is 0. The number of amides is 1. The van der Waals surface area contributed by atoms with E-state index < -0.39 is 0 Å². The minimum absolute atomic E-state index is 0.0470. The van der Waals surface area contributed by atoms with E-state index in [1.807, 2.05) is 26.0 Å². The van der Waals surface area contributed by atoms with E-state index in [-0.39, 0.29) is 12.5 Å². The van der Waals surface area contributed by atoms with Crippen molar-refractivity contribution in [3.05, 3.63) is 45.4 Å². The zero-order valence-corrected chi connectivity index (χ0v) is 12.8. The van der Waals surface area contributed by atoms with E-state index in [1.165, 1.54) is 11.3 Å². The van der Waals surface area contributed by atoms with Crippen molar-refractivity contribution in [2.24, 2.45) is 0 Å². The summed E-state index contributed by atoms with van der Waals surface area (Å²) in [6.45, 7) is 3.82. The van der Waals surface area contributed by atoms with Crippen LogP contribution in [0.3, 0.4) is 0 Å². The number of thiophene rings is 1. The third-order valence-corrected chi connectivity index (χ3v) is 3.63. The van der Waals surface area contributed by atoms with Crippen molar-refractivity contribution in [2.75, 3.05) is 11.9 Å². The van der Waals surface area contributed by atoms with E-state index in [0.29, 0.717) is 17.7 Å². The largest absolute Gasteiger partial charge is 0.395 e. The van der Waals surface area contributed by atoms with Gasteiger partial charge in [-0.05, 0) is 32.0 Å². The topological polar surface area (TPSA) is 62.2 Å². The first-order valence-corrected chi connectivity index (χ1v) is 7.42. The molecule has 1 amide bonds. The van der Waals surface area contributed by atoms with Crippen LogP contribution in [0.5, 0.6) is 0 Å². The van der Waals surface area contributed by atoms with Crippen LogP contribution in [0.15, 0.2) is 23.6 Å². The zero-order chi connectivity index (χ0) is 15.2. The molecule has 0 saturated carbocycles. The lowest BCUT2D eigenvalue weighted by Crippen LogP contribution is -2.12. The number of carbonyl (C=O) groups is 1. The second-order valence-corrected chi connectivity index (χ2v) is 5.43. The molecule has 21 heavy (non-hydrogen) atoms. The molecular weight excluding hydrogens is 284 g/mol. The molecule has 0 saturated heterocycles. The monoisotopic (exact) mass is 300 g/mol. The quantitative estimate of drug-likeness (QED) is 0.857. The molecule has 0 spiro atoms. The smallest absolute Gasteiger partial charge is 0.256 e. The standard InChI is InChI=1S/C16H16N2O2S/c1-11-6-7-15(12(2)17-11)18-16(20)13-9-14(21-10-13)5-3-4-8-19/h6-7,9-10,19H,4,8H2,1-2H3,(H,18,20). The molecule has 0 radical (unpaired) electrons. The van der Waals surface area contributed by atoms with E-state index in [2.05, 4.69) is 22.1 Å². The zero-order valence-electron chi connectivity index (χ0n) is 11.9. The molecule has 0 aliphatic heterocycles.